The molecule has 0 aliphatic heterocycles. The highest BCUT2D eigenvalue weighted by Gasteiger charge is 2.19. The lowest BCUT2D eigenvalue weighted by Gasteiger charge is -2.09. The number of hydrogen-bond acceptors (Lipinski definition) is 4. The Morgan fingerprint density at radius 3 is 2.86 bits per heavy atom. The van der Waals surface area contributed by atoms with Crippen molar-refractivity contribution in [3.8, 4) is 5.88 Å². The molecular formula is C16H21N3O3. The maximum atomic E-state index is 12.4. The first-order valence-electron chi connectivity index (χ1n) is 7.55. The number of pyridine rings is 1. The molecular weight excluding hydrogens is 282 g/mol. The van der Waals surface area contributed by atoms with Crippen molar-refractivity contribution in [1.29, 1.82) is 0 Å². The molecule has 2 N–H and O–H groups in total. The van der Waals surface area contributed by atoms with Crippen molar-refractivity contribution < 1.29 is 9.90 Å². The smallest absolute Gasteiger partial charge is 0.274 e. The molecule has 0 bridgehead atoms. The number of aromatic nitrogens is 2. The van der Waals surface area contributed by atoms with Gasteiger partial charge in [-0.05, 0) is 25.0 Å². The Bertz CT molecular complexity index is 737. The molecule has 6 heteroatoms. The summed E-state index contributed by atoms with van der Waals surface area (Å²) in [6, 6.07) is 3.49. The van der Waals surface area contributed by atoms with Crippen molar-refractivity contribution in [3.05, 3.63) is 39.8 Å². The Morgan fingerprint density at radius 1 is 1.36 bits per heavy atom. The molecule has 0 saturated carbocycles. The Labute approximate surface area is 128 Å². The molecule has 0 unspecified atom stereocenters. The number of amides is 1. The standard InChI is InChI=1S/C16H21N3O3/c1-3-4-5-6-9-17-14(20)12-15(21)18-13-11(2)8-7-10-19(13)16(12)22/h7-8,10,21H,3-6,9H2,1-2H3,(H,17,20). The number of aromatic hydroxyl groups is 1. The van der Waals surface area contributed by atoms with E-state index >= 15 is 0 Å². The van der Waals surface area contributed by atoms with E-state index in [0.29, 0.717) is 12.2 Å². The quantitative estimate of drug-likeness (QED) is 0.800. The van der Waals surface area contributed by atoms with Gasteiger partial charge in [0.05, 0.1) is 0 Å². The molecule has 0 spiro atoms. The van der Waals surface area contributed by atoms with Crippen LogP contribution in [0.5, 0.6) is 5.88 Å². The maximum Gasteiger partial charge on any atom is 0.274 e. The van der Waals surface area contributed by atoms with Gasteiger partial charge < -0.3 is 10.4 Å². The minimum Gasteiger partial charge on any atom is -0.493 e. The highest BCUT2D eigenvalue weighted by atomic mass is 16.3. The van der Waals surface area contributed by atoms with Crippen LogP contribution in [-0.2, 0) is 0 Å². The van der Waals surface area contributed by atoms with Gasteiger partial charge in [0, 0.05) is 12.7 Å². The zero-order valence-corrected chi connectivity index (χ0v) is 12.9. The summed E-state index contributed by atoms with van der Waals surface area (Å²) in [5.41, 5.74) is 0.238. The summed E-state index contributed by atoms with van der Waals surface area (Å²) in [7, 11) is 0. The van der Waals surface area contributed by atoms with Crippen LogP contribution in [0.15, 0.2) is 23.1 Å². The first-order chi connectivity index (χ1) is 10.6. The average Bonchev–Trinajstić information content (AvgIpc) is 2.48. The summed E-state index contributed by atoms with van der Waals surface area (Å²) in [6.45, 7) is 4.38. The lowest BCUT2D eigenvalue weighted by molar-refractivity contribution is 0.0947. The van der Waals surface area contributed by atoms with Gasteiger partial charge >= 0.3 is 0 Å². The molecule has 2 heterocycles. The first-order valence-corrected chi connectivity index (χ1v) is 7.55. The predicted molar refractivity (Wildman–Crippen MR) is 84.3 cm³/mol. The van der Waals surface area contributed by atoms with E-state index in [9.17, 15) is 14.7 Å². The Balaban J connectivity index is 2.24. The molecule has 6 nitrogen and oxygen atoms in total. The number of unbranched alkanes of at least 4 members (excludes halogenated alkanes) is 3. The second-order valence-corrected chi connectivity index (χ2v) is 5.32. The highest BCUT2D eigenvalue weighted by molar-refractivity contribution is 5.96. The van der Waals surface area contributed by atoms with Crippen molar-refractivity contribution in [2.75, 3.05) is 6.54 Å². The third-order valence-corrected chi connectivity index (χ3v) is 3.57. The molecule has 0 atom stereocenters. The highest BCUT2D eigenvalue weighted by Crippen LogP contribution is 2.13. The van der Waals surface area contributed by atoms with E-state index in [4.69, 9.17) is 0 Å². The monoisotopic (exact) mass is 303 g/mol. The molecule has 1 amide bonds. The van der Waals surface area contributed by atoms with Gasteiger partial charge in [0.1, 0.15) is 5.65 Å². The van der Waals surface area contributed by atoms with Crippen LogP contribution in [0.25, 0.3) is 5.65 Å². The van der Waals surface area contributed by atoms with Crippen LogP contribution in [-0.4, -0.2) is 26.9 Å². The maximum absolute atomic E-state index is 12.4. The van der Waals surface area contributed by atoms with Gasteiger partial charge in [0.2, 0.25) is 5.88 Å². The van der Waals surface area contributed by atoms with Gasteiger partial charge in [-0.3, -0.25) is 14.0 Å². The largest absolute Gasteiger partial charge is 0.493 e. The van der Waals surface area contributed by atoms with Crippen LogP contribution in [0, 0.1) is 6.92 Å². The van der Waals surface area contributed by atoms with E-state index in [1.54, 1.807) is 19.1 Å². The number of rotatable bonds is 6. The van der Waals surface area contributed by atoms with E-state index < -0.39 is 17.3 Å². The number of carbonyl (C=O) groups excluding carboxylic acids is 1. The number of hydrogen-bond donors (Lipinski definition) is 2. The van der Waals surface area contributed by atoms with Gasteiger partial charge in [0.15, 0.2) is 5.56 Å². The molecule has 0 saturated heterocycles. The second-order valence-electron chi connectivity index (χ2n) is 5.32. The van der Waals surface area contributed by atoms with Gasteiger partial charge in [0.25, 0.3) is 11.5 Å². The van der Waals surface area contributed by atoms with Crippen molar-refractivity contribution >= 4 is 11.6 Å². The molecule has 0 fully saturated rings. The fraction of sp³-hybridized carbons (Fsp3) is 0.438. The summed E-state index contributed by atoms with van der Waals surface area (Å²) in [6.07, 6.45) is 5.64. The van der Waals surface area contributed by atoms with Crippen molar-refractivity contribution in [2.24, 2.45) is 0 Å². The van der Waals surface area contributed by atoms with Crippen LogP contribution >= 0.6 is 0 Å². The Morgan fingerprint density at radius 2 is 2.14 bits per heavy atom. The minimum absolute atomic E-state index is 0.307. The number of carbonyl (C=O) groups is 1. The topological polar surface area (TPSA) is 83.7 Å². The van der Waals surface area contributed by atoms with E-state index in [1.807, 2.05) is 0 Å². The van der Waals surface area contributed by atoms with Crippen LogP contribution in [0.1, 0.15) is 48.5 Å². The van der Waals surface area contributed by atoms with E-state index in [1.165, 1.54) is 10.6 Å². The van der Waals surface area contributed by atoms with Crippen LogP contribution < -0.4 is 10.9 Å². The Kier molecular flexibility index (Phi) is 5.14. The summed E-state index contributed by atoms with van der Waals surface area (Å²) in [5, 5.41) is 12.6. The van der Waals surface area contributed by atoms with E-state index in [-0.39, 0.29) is 5.56 Å². The molecule has 118 valence electrons. The predicted octanol–water partition coefficient (Wildman–Crippen LogP) is 2.02. The van der Waals surface area contributed by atoms with Crippen molar-refractivity contribution in [1.82, 2.24) is 14.7 Å². The number of aryl methyl sites for hydroxylation is 1. The Hall–Kier alpha value is -2.37. The third kappa shape index (κ3) is 3.27. The molecule has 2 rings (SSSR count). The lowest BCUT2D eigenvalue weighted by Crippen LogP contribution is -2.32. The summed E-state index contributed by atoms with van der Waals surface area (Å²) >= 11 is 0. The molecule has 0 aliphatic carbocycles. The number of nitrogens with zero attached hydrogens (tertiary/aromatic N) is 2. The second kappa shape index (κ2) is 7.06. The molecule has 22 heavy (non-hydrogen) atoms. The molecule has 2 aromatic heterocycles. The van der Waals surface area contributed by atoms with Crippen molar-refractivity contribution in [2.45, 2.75) is 39.5 Å². The molecule has 0 aromatic carbocycles. The van der Waals surface area contributed by atoms with E-state index in [0.717, 1.165) is 31.2 Å². The van der Waals surface area contributed by atoms with Gasteiger partial charge in [-0.15, -0.1) is 0 Å². The zero-order chi connectivity index (χ0) is 16.1. The summed E-state index contributed by atoms with van der Waals surface area (Å²) in [5.74, 6) is -1.10. The normalized spacial score (nSPS) is 10.8. The van der Waals surface area contributed by atoms with E-state index in [2.05, 4.69) is 17.2 Å². The molecule has 0 aliphatic rings. The SMILES string of the molecule is CCCCCCNC(=O)c1c(O)nc2c(C)cccn2c1=O. The fourth-order valence-corrected chi connectivity index (χ4v) is 2.33. The van der Waals surface area contributed by atoms with Gasteiger partial charge in [-0.25, -0.2) is 0 Å². The molecule has 0 radical (unpaired) electrons. The third-order valence-electron chi connectivity index (χ3n) is 3.57. The summed E-state index contributed by atoms with van der Waals surface area (Å²) < 4.78 is 1.28. The van der Waals surface area contributed by atoms with Gasteiger partial charge in [-0.2, -0.15) is 4.98 Å². The van der Waals surface area contributed by atoms with Crippen LogP contribution in [0.3, 0.4) is 0 Å². The minimum atomic E-state index is -0.581. The fourth-order valence-electron chi connectivity index (χ4n) is 2.33. The first kappa shape index (κ1) is 16.0. The molecule has 2 aromatic rings. The van der Waals surface area contributed by atoms with Crippen LogP contribution in [0.4, 0.5) is 0 Å². The zero-order valence-electron chi connectivity index (χ0n) is 12.9. The van der Waals surface area contributed by atoms with Gasteiger partial charge in [-0.1, -0.05) is 32.3 Å². The van der Waals surface area contributed by atoms with Crippen LogP contribution in [0.2, 0.25) is 0 Å². The number of fused-ring (bicyclic) bond motifs is 1. The summed E-state index contributed by atoms with van der Waals surface area (Å²) in [4.78, 5) is 28.5. The average molecular weight is 303 g/mol. The van der Waals surface area contributed by atoms with Crippen molar-refractivity contribution in [3.63, 3.8) is 0 Å². The lowest BCUT2D eigenvalue weighted by atomic mass is 10.2. The number of nitrogens with one attached hydrogen (secondary N) is 1.